The second-order valence-electron chi connectivity index (χ2n) is 6.23. The molecule has 1 aliphatic heterocycles. The molecule has 0 amide bonds. The van der Waals surface area contributed by atoms with Gasteiger partial charge in [0.15, 0.2) is 0 Å². The molecule has 0 aromatic heterocycles. The molecule has 1 heterocycles. The van der Waals surface area contributed by atoms with Crippen molar-refractivity contribution in [1.29, 1.82) is 0 Å². The van der Waals surface area contributed by atoms with E-state index in [2.05, 4.69) is 0 Å². The summed E-state index contributed by atoms with van der Waals surface area (Å²) in [6.45, 7) is 0.927. The third-order valence-electron chi connectivity index (χ3n) is 4.82. The van der Waals surface area contributed by atoms with Crippen molar-refractivity contribution in [2.75, 3.05) is 13.7 Å². The van der Waals surface area contributed by atoms with Crippen LogP contribution in [0.5, 0.6) is 0 Å². The van der Waals surface area contributed by atoms with Gasteiger partial charge in [-0.1, -0.05) is 19.3 Å². The lowest BCUT2D eigenvalue weighted by molar-refractivity contribution is -0.0586. The Balaban J connectivity index is 1.68. The van der Waals surface area contributed by atoms with Gasteiger partial charge in [-0.3, -0.25) is 0 Å². The Morgan fingerprint density at radius 3 is 2.58 bits per heavy atom. The van der Waals surface area contributed by atoms with E-state index in [-0.39, 0.29) is 12.2 Å². The van der Waals surface area contributed by atoms with Crippen LogP contribution in [0.4, 0.5) is 0 Å². The Morgan fingerprint density at radius 1 is 1.16 bits per heavy atom. The van der Waals surface area contributed by atoms with Gasteiger partial charge in [0.2, 0.25) is 0 Å². The number of aliphatic hydroxyl groups is 1. The van der Waals surface area contributed by atoms with E-state index in [9.17, 15) is 5.11 Å². The van der Waals surface area contributed by atoms with Crippen molar-refractivity contribution in [3.63, 3.8) is 0 Å². The number of methoxy groups -OCH3 is 1. The molecule has 0 radical (unpaired) electrons. The molecule has 2 rings (SSSR count). The van der Waals surface area contributed by atoms with Crippen LogP contribution in [-0.2, 0) is 9.47 Å². The number of rotatable bonds is 7. The minimum absolute atomic E-state index is 0.0461. The molecule has 112 valence electrons. The first-order valence-electron chi connectivity index (χ1n) is 8.13. The molecule has 19 heavy (non-hydrogen) atoms. The summed E-state index contributed by atoms with van der Waals surface area (Å²) in [7, 11) is 1.75. The van der Waals surface area contributed by atoms with Gasteiger partial charge in [0, 0.05) is 13.7 Å². The molecule has 0 spiro atoms. The fraction of sp³-hybridized carbons (Fsp3) is 1.00. The van der Waals surface area contributed by atoms with Crippen LogP contribution in [0, 0.1) is 5.92 Å². The van der Waals surface area contributed by atoms with Crippen molar-refractivity contribution in [2.45, 2.75) is 82.5 Å². The molecule has 1 saturated carbocycles. The zero-order valence-corrected chi connectivity index (χ0v) is 12.4. The van der Waals surface area contributed by atoms with Crippen LogP contribution < -0.4 is 0 Å². The second kappa shape index (κ2) is 8.23. The summed E-state index contributed by atoms with van der Waals surface area (Å²) in [6, 6.07) is 0. The lowest BCUT2D eigenvalue weighted by atomic mass is 9.82. The Kier molecular flexibility index (Phi) is 6.62. The first-order chi connectivity index (χ1) is 9.31. The van der Waals surface area contributed by atoms with Crippen LogP contribution in [0.25, 0.3) is 0 Å². The minimum atomic E-state index is -0.297. The lowest BCUT2D eigenvalue weighted by Gasteiger charge is -2.32. The molecular weight excluding hydrogens is 240 g/mol. The maximum Gasteiger partial charge on any atom is 0.0858 e. The van der Waals surface area contributed by atoms with E-state index in [1.165, 1.54) is 44.9 Å². The highest BCUT2D eigenvalue weighted by Crippen LogP contribution is 2.30. The summed E-state index contributed by atoms with van der Waals surface area (Å²) in [6.07, 6.45) is 12.0. The molecule has 2 aliphatic rings. The lowest BCUT2D eigenvalue weighted by Crippen LogP contribution is -2.36. The summed E-state index contributed by atoms with van der Waals surface area (Å²) in [5.74, 6) is 0.566. The van der Waals surface area contributed by atoms with Crippen molar-refractivity contribution >= 4 is 0 Å². The van der Waals surface area contributed by atoms with Crippen LogP contribution in [0.15, 0.2) is 0 Å². The van der Waals surface area contributed by atoms with Crippen molar-refractivity contribution in [3.8, 4) is 0 Å². The highest BCUT2D eigenvalue weighted by Gasteiger charge is 2.29. The zero-order chi connectivity index (χ0) is 13.5. The second-order valence-corrected chi connectivity index (χ2v) is 6.23. The molecule has 3 nitrogen and oxygen atoms in total. The third-order valence-corrected chi connectivity index (χ3v) is 4.82. The summed E-state index contributed by atoms with van der Waals surface area (Å²) in [5.41, 5.74) is 0. The van der Waals surface area contributed by atoms with Crippen LogP contribution in [0.1, 0.15) is 64.2 Å². The molecule has 0 aromatic rings. The molecule has 2 fully saturated rings. The van der Waals surface area contributed by atoms with Crippen molar-refractivity contribution in [1.82, 2.24) is 0 Å². The predicted molar refractivity (Wildman–Crippen MR) is 76.2 cm³/mol. The van der Waals surface area contributed by atoms with Gasteiger partial charge in [0.1, 0.15) is 0 Å². The highest BCUT2D eigenvalue weighted by atomic mass is 16.5. The average Bonchev–Trinajstić information content (AvgIpc) is 2.94. The Morgan fingerprint density at radius 2 is 1.95 bits per heavy atom. The molecule has 3 atom stereocenters. The van der Waals surface area contributed by atoms with E-state index >= 15 is 0 Å². The summed E-state index contributed by atoms with van der Waals surface area (Å²) in [4.78, 5) is 0. The topological polar surface area (TPSA) is 38.7 Å². The van der Waals surface area contributed by atoms with Gasteiger partial charge in [0.25, 0.3) is 0 Å². The maximum atomic E-state index is 10.4. The molecule has 3 unspecified atom stereocenters. The van der Waals surface area contributed by atoms with Crippen molar-refractivity contribution in [2.24, 2.45) is 5.92 Å². The van der Waals surface area contributed by atoms with E-state index in [4.69, 9.17) is 9.47 Å². The smallest absolute Gasteiger partial charge is 0.0858 e. The van der Waals surface area contributed by atoms with Crippen LogP contribution in [0.3, 0.4) is 0 Å². The third kappa shape index (κ3) is 4.73. The average molecular weight is 270 g/mol. The fourth-order valence-corrected chi connectivity index (χ4v) is 3.72. The number of hydrogen-bond donors (Lipinski definition) is 1. The Hall–Kier alpha value is -0.120. The number of ether oxygens (including phenoxy) is 2. The number of hydrogen-bond acceptors (Lipinski definition) is 3. The van der Waals surface area contributed by atoms with E-state index in [0.29, 0.717) is 12.0 Å². The first kappa shape index (κ1) is 15.3. The molecule has 1 aliphatic carbocycles. The largest absolute Gasteiger partial charge is 0.390 e. The van der Waals surface area contributed by atoms with Gasteiger partial charge in [-0.05, 0) is 50.9 Å². The van der Waals surface area contributed by atoms with Crippen molar-refractivity contribution in [3.05, 3.63) is 0 Å². The van der Waals surface area contributed by atoms with E-state index in [1.54, 1.807) is 7.11 Å². The molecule has 1 saturated heterocycles. The van der Waals surface area contributed by atoms with Gasteiger partial charge in [-0.25, -0.2) is 0 Å². The number of aliphatic hydroxyl groups excluding tert-OH is 1. The monoisotopic (exact) mass is 270 g/mol. The van der Waals surface area contributed by atoms with Crippen LogP contribution >= 0.6 is 0 Å². The molecule has 1 N–H and O–H groups in total. The van der Waals surface area contributed by atoms with E-state index in [1.807, 2.05) is 0 Å². The molecule has 0 bridgehead atoms. The quantitative estimate of drug-likeness (QED) is 0.771. The van der Waals surface area contributed by atoms with Crippen molar-refractivity contribution < 1.29 is 14.6 Å². The molecule has 0 aromatic carbocycles. The first-order valence-corrected chi connectivity index (χ1v) is 8.13. The predicted octanol–water partition coefficient (Wildman–Crippen LogP) is 3.29. The summed E-state index contributed by atoms with van der Waals surface area (Å²) >= 11 is 0. The van der Waals surface area contributed by atoms with E-state index in [0.717, 1.165) is 25.9 Å². The van der Waals surface area contributed by atoms with Gasteiger partial charge in [-0.15, -0.1) is 0 Å². The Bertz CT molecular complexity index is 232. The van der Waals surface area contributed by atoms with Gasteiger partial charge < -0.3 is 14.6 Å². The maximum absolute atomic E-state index is 10.4. The van der Waals surface area contributed by atoms with Crippen LogP contribution in [0.2, 0.25) is 0 Å². The van der Waals surface area contributed by atoms with Gasteiger partial charge in [-0.2, -0.15) is 0 Å². The minimum Gasteiger partial charge on any atom is -0.390 e. The van der Waals surface area contributed by atoms with Gasteiger partial charge in [0.05, 0.1) is 18.3 Å². The van der Waals surface area contributed by atoms with Crippen LogP contribution in [-0.4, -0.2) is 37.1 Å². The SMILES string of the molecule is COC(C(O)CCCC1CCCO1)C1CCCCC1. The summed E-state index contributed by atoms with van der Waals surface area (Å²) in [5, 5.41) is 10.4. The van der Waals surface area contributed by atoms with E-state index < -0.39 is 0 Å². The molecule has 3 heteroatoms. The standard InChI is InChI=1S/C16H30O3/c1-18-16(13-7-3-2-4-8-13)15(17)11-5-9-14-10-6-12-19-14/h13-17H,2-12H2,1H3. The normalized spacial score (nSPS) is 28.4. The van der Waals surface area contributed by atoms with Gasteiger partial charge >= 0.3 is 0 Å². The highest BCUT2D eigenvalue weighted by molar-refractivity contribution is 4.80. The Labute approximate surface area is 117 Å². The fourth-order valence-electron chi connectivity index (χ4n) is 3.72. The summed E-state index contributed by atoms with van der Waals surface area (Å²) < 4.78 is 11.2. The zero-order valence-electron chi connectivity index (χ0n) is 12.4. The molecular formula is C16H30O3.